The van der Waals surface area contributed by atoms with Gasteiger partial charge < -0.3 is 15.5 Å². The Balaban J connectivity index is 1.52. The predicted molar refractivity (Wildman–Crippen MR) is 115 cm³/mol. The van der Waals surface area contributed by atoms with Gasteiger partial charge in [0.2, 0.25) is 11.8 Å². The maximum atomic E-state index is 13.7. The normalized spacial score (nSPS) is 18.5. The summed E-state index contributed by atoms with van der Waals surface area (Å²) in [5.41, 5.74) is 4.20. The third-order valence-corrected chi connectivity index (χ3v) is 6.24. The number of likely N-dealkylation sites (tertiary alicyclic amines) is 1. The lowest BCUT2D eigenvalue weighted by Crippen LogP contribution is -2.51. The van der Waals surface area contributed by atoms with Crippen molar-refractivity contribution in [2.75, 3.05) is 19.6 Å². The Bertz CT molecular complexity index is 1220. The molecular weight excluding hydrogens is 511 g/mol. The molecule has 1 saturated heterocycles. The standard InChI is InChI=1S/C23H22F7N5O2/c24-15-2-1-12(7-16(15)25)21-32-17-10-34(6-4-14(17)20(33-21)23(28,29)30)19(37)8-13(31)9-35-11-22(26,27)5-3-18(35)36/h1-2,7,13H,3-6,8-11,31H2/t13-/m1/s1. The molecule has 1 aromatic heterocycles. The summed E-state index contributed by atoms with van der Waals surface area (Å²) < 4.78 is 95.5. The maximum absolute atomic E-state index is 13.7. The number of nitrogens with two attached hydrogens (primary N) is 1. The topological polar surface area (TPSA) is 92.4 Å². The number of hydrogen-bond acceptors (Lipinski definition) is 5. The molecule has 3 heterocycles. The molecule has 0 saturated carbocycles. The average Bonchev–Trinajstić information content (AvgIpc) is 2.81. The molecule has 2 aromatic rings. The number of fused-ring (bicyclic) bond motifs is 1. The highest BCUT2D eigenvalue weighted by molar-refractivity contribution is 5.78. The van der Waals surface area contributed by atoms with Gasteiger partial charge in [0.1, 0.15) is 0 Å². The van der Waals surface area contributed by atoms with E-state index in [4.69, 9.17) is 5.73 Å². The quantitative estimate of drug-likeness (QED) is 0.596. The van der Waals surface area contributed by atoms with E-state index in [-0.39, 0.29) is 55.7 Å². The van der Waals surface area contributed by atoms with Gasteiger partial charge in [0.25, 0.3) is 5.92 Å². The highest BCUT2D eigenvalue weighted by Crippen LogP contribution is 2.35. The van der Waals surface area contributed by atoms with E-state index in [0.717, 1.165) is 17.0 Å². The summed E-state index contributed by atoms with van der Waals surface area (Å²) in [7, 11) is 0. The lowest BCUT2D eigenvalue weighted by Gasteiger charge is -2.34. The zero-order valence-electron chi connectivity index (χ0n) is 19.3. The van der Waals surface area contributed by atoms with E-state index in [2.05, 4.69) is 9.97 Å². The smallest absolute Gasteiger partial charge is 0.336 e. The van der Waals surface area contributed by atoms with Crippen molar-refractivity contribution in [2.24, 2.45) is 5.73 Å². The van der Waals surface area contributed by atoms with Gasteiger partial charge in [0.15, 0.2) is 23.2 Å². The van der Waals surface area contributed by atoms with Gasteiger partial charge in [-0.2, -0.15) is 13.2 Å². The van der Waals surface area contributed by atoms with E-state index in [0.29, 0.717) is 6.07 Å². The summed E-state index contributed by atoms with van der Waals surface area (Å²) >= 11 is 0. The van der Waals surface area contributed by atoms with Crippen molar-refractivity contribution < 1.29 is 40.3 Å². The zero-order chi connectivity index (χ0) is 27.1. The van der Waals surface area contributed by atoms with E-state index >= 15 is 0 Å². The summed E-state index contributed by atoms with van der Waals surface area (Å²) in [6.07, 6.45) is -6.31. The van der Waals surface area contributed by atoms with Crippen molar-refractivity contribution >= 4 is 11.8 Å². The highest BCUT2D eigenvalue weighted by atomic mass is 19.4. The number of aromatic nitrogens is 2. The van der Waals surface area contributed by atoms with Crippen LogP contribution in [0.25, 0.3) is 11.4 Å². The van der Waals surface area contributed by atoms with Crippen LogP contribution in [-0.2, 0) is 28.7 Å². The monoisotopic (exact) mass is 533 g/mol. The van der Waals surface area contributed by atoms with E-state index in [9.17, 15) is 40.3 Å². The largest absolute Gasteiger partial charge is 0.433 e. The molecule has 4 rings (SSSR count). The Morgan fingerprint density at radius 3 is 2.54 bits per heavy atom. The summed E-state index contributed by atoms with van der Waals surface area (Å²) in [5.74, 6) is -7.07. The van der Waals surface area contributed by atoms with Gasteiger partial charge in [0.05, 0.1) is 18.8 Å². The van der Waals surface area contributed by atoms with Crippen LogP contribution in [0.4, 0.5) is 30.7 Å². The van der Waals surface area contributed by atoms with E-state index in [1.807, 2.05) is 0 Å². The van der Waals surface area contributed by atoms with Gasteiger partial charge in [-0.05, 0) is 24.6 Å². The molecule has 200 valence electrons. The minimum absolute atomic E-state index is 0.101. The van der Waals surface area contributed by atoms with E-state index in [1.165, 1.54) is 4.90 Å². The van der Waals surface area contributed by atoms with Crippen molar-refractivity contribution in [2.45, 2.75) is 50.4 Å². The Kier molecular flexibility index (Phi) is 7.14. The minimum Gasteiger partial charge on any atom is -0.336 e. The summed E-state index contributed by atoms with van der Waals surface area (Å²) in [6, 6.07) is 1.48. The third kappa shape index (κ3) is 6.00. The molecule has 1 fully saturated rings. The molecule has 0 aliphatic carbocycles. The second-order valence-corrected chi connectivity index (χ2v) is 9.11. The van der Waals surface area contributed by atoms with Crippen LogP contribution in [0.15, 0.2) is 18.2 Å². The van der Waals surface area contributed by atoms with Crippen molar-refractivity contribution in [1.29, 1.82) is 0 Å². The summed E-state index contributed by atoms with van der Waals surface area (Å²) in [5, 5.41) is 0. The van der Waals surface area contributed by atoms with Crippen LogP contribution in [0.5, 0.6) is 0 Å². The number of nitrogens with zero attached hydrogens (tertiary/aromatic N) is 4. The molecule has 1 aromatic carbocycles. The minimum atomic E-state index is -4.86. The van der Waals surface area contributed by atoms with Crippen LogP contribution in [-0.4, -0.2) is 63.2 Å². The number of carbonyl (C=O) groups is 2. The van der Waals surface area contributed by atoms with E-state index in [1.54, 1.807) is 0 Å². The molecule has 14 heteroatoms. The highest BCUT2D eigenvalue weighted by Gasteiger charge is 2.41. The fourth-order valence-corrected chi connectivity index (χ4v) is 4.40. The molecule has 37 heavy (non-hydrogen) atoms. The molecule has 2 N–H and O–H groups in total. The summed E-state index contributed by atoms with van der Waals surface area (Å²) in [4.78, 5) is 34.5. The van der Waals surface area contributed by atoms with Crippen molar-refractivity contribution in [3.63, 3.8) is 0 Å². The second-order valence-electron chi connectivity index (χ2n) is 9.11. The molecular formula is C23H22F7N5O2. The number of amides is 2. The number of benzene rings is 1. The molecule has 2 aliphatic rings. The first-order chi connectivity index (χ1) is 17.2. The predicted octanol–water partition coefficient (Wildman–Crippen LogP) is 3.30. The number of carbonyl (C=O) groups excluding carboxylic acids is 2. The van der Waals surface area contributed by atoms with Crippen LogP contribution in [0.2, 0.25) is 0 Å². The van der Waals surface area contributed by atoms with Gasteiger partial charge in [-0.25, -0.2) is 27.5 Å². The molecule has 2 aliphatic heterocycles. The second kappa shape index (κ2) is 9.88. The lowest BCUT2D eigenvalue weighted by molar-refractivity contribution is -0.148. The van der Waals surface area contributed by atoms with Crippen LogP contribution in [0.3, 0.4) is 0 Å². The van der Waals surface area contributed by atoms with Crippen LogP contribution in [0, 0.1) is 11.6 Å². The molecule has 0 bridgehead atoms. The Morgan fingerprint density at radius 2 is 1.86 bits per heavy atom. The number of piperidine rings is 1. The SMILES string of the molecule is N[C@H](CC(=O)N1CCc2c(nc(-c3ccc(F)c(F)c3)nc2C(F)(F)F)C1)CN1CC(F)(F)CCC1=O. The van der Waals surface area contributed by atoms with Gasteiger partial charge in [-0.3, -0.25) is 9.59 Å². The number of halogens is 7. The molecule has 0 radical (unpaired) electrons. The van der Waals surface area contributed by atoms with E-state index < -0.39 is 66.1 Å². The van der Waals surface area contributed by atoms with Gasteiger partial charge >= 0.3 is 6.18 Å². The van der Waals surface area contributed by atoms with Crippen molar-refractivity contribution in [3.05, 3.63) is 46.8 Å². The van der Waals surface area contributed by atoms with Crippen LogP contribution in [0.1, 0.15) is 36.2 Å². The lowest BCUT2D eigenvalue weighted by atomic mass is 10.0. The molecule has 0 spiro atoms. The fraction of sp³-hybridized carbons (Fsp3) is 0.478. The molecule has 7 nitrogen and oxygen atoms in total. The molecule has 1 atom stereocenters. The van der Waals surface area contributed by atoms with Crippen LogP contribution >= 0.6 is 0 Å². The van der Waals surface area contributed by atoms with Crippen molar-refractivity contribution in [1.82, 2.24) is 19.8 Å². The zero-order valence-corrected chi connectivity index (χ0v) is 19.3. The Labute approximate surface area is 206 Å². The van der Waals surface area contributed by atoms with Gasteiger partial charge in [0, 0.05) is 49.5 Å². The molecule has 2 amide bonds. The maximum Gasteiger partial charge on any atom is 0.433 e. The number of alkyl halides is 5. The van der Waals surface area contributed by atoms with Gasteiger partial charge in [-0.1, -0.05) is 0 Å². The summed E-state index contributed by atoms with van der Waals surface area (Å²) in [6.45, 7) is -1.50. The van der Waals surface area contributed by atoms with Crippen LogP contribution < -0.4 is 5.73 Å². The number of rotatable bonds is 5. The number of hydrogen-bond donors (Lipinski definition) is 1. The third-order valence-electron chi connectivity index (χ3n) is 6.24. The Hall–Kier alpha value is -3.29. The van der Waals surface area contributed by atoms with Crippen molar-refractivity contribution in [3.8, 4) is 11.4 Å². The molecule has 0 unspecified atom stereocenters. The Morgan fingerprint density at radius 1 is 1.14 bits per heavy atom. The first-order valence-electron chi connectivity index (χ1n) is 11.3. The first-order valence-corrected chi connectivity index (χ1v) is 11.3. The van der Waals surface area contributed by atoms with Gasteiger partial charge in [-0.15, -0.1) is 0 Å². The fourth-order valence-electron chi connectivity index (χ4n) is 4.40. The average molecular weight is 533 g/mol. The first kappa shape index (κ1) is 26.8.